The monoisotopic (exact) mass is 289 g/mol. The lowest BCUT2D eigenvalue weighted by atomic mass is 10.3. The maximum atomic E-state index is 13.6. The van der Waals surface area contributed by atoms with Crippen LogP contribution in [0.25, 0.3) is 5.69 Å². The smallest absolute Gasteiger partial charge is 0.152 e. The molecule has 0 unspecified atom stereocenters. The van der Waals surface area contributed by atoms with Crippen LogP contribution in [0.15, 0.2) is 29.0 Å². The van der Waals surface area contributed by atoms with Crippen molar-refractivity contribution in [2.24, 2.45) is 0 Å². The van der Waals surface area contributed by atoms with E-state index in [0.29, 0.717) is 16.0 Å². The van der Waals surface area contributed by atoms with E-state index in [1.165, 1.54) is 17.0 Å². The second kappa shape index (κ2) is 4.28. The van der Waals surface area contributed by atoms with Crippen LogP contribution >= 0.6 is 27.5 Å². The quantitative estimate of drug-likeness (QED) is 0.796. The van der Waals surface area contributed by atoms with Crippen LogP contribution in [0.1, 0.15) is 5.82 Å². The molecule has 0 amide bonds. The molecule has 0 aliphatic rings. The van der Waals surface area contributed by atoms with Gasteiger partial charge in [-0.2, -0.15) is 0 Å². The van der Waals surface area contributed by atoms with E-state index in [-0.39, 0.29) is 11.7 Å². The van der Waals surface area contributed by atoms with Crippen LogP contribution < -0.4 is 0 Å². The second-order valence-corrected chi connectivity index (χ2v) is 3.94. The highest BCUT2D eigenvalue weighted by Crippen LogP contribution is 2.24. The molecule has 0 N–H and O–H groups in total. The molecule has 15 heavy (non-hydrogen) atoms. The minimum Gasteiger partial charge on any atom is -0.280 e. The molecule has 0 radical (unpaired) electrons. The van der Waals surface area contributed by atoms with Gasteiger partial charge in [0.2, 0.25) is 0 Å². The van der Waals surface area contributed by atoms with Crippen molar-refractivity contribution in [1.82, 2.24) is 14.8 Å². The molecule has 0 aliphatic carbocycles. The van der Waals surface area contributed by atoms with Crippen LogP contribution in [0.4, 0.5) is 4.39 Å². The minimum atomic E-state index is -0.351. The number of hydrogen-bond acceptors (Lipinski definition) is 2. The highest BCUT2D eigenvalue weighted by atomic mass is 79.9. The minimum absolute atomic E-state index is 0.181. The van der Waals surface area contributed by atoms with Gasteiger partial charge in [0.15, 0.2) is 5.82 Å². The first-order valence-corrected chi connectivity index (χ1v) is 5.46. The van der Waals surface area contributed by atoms with Gasteiger partial charge < -0.3 is 0 Å². The zero-order valence-corrected chi connectivity index (χ0v) is 9.83. The van der Waals surface area contributed by atoms with Crippen molar-refractivity contribution in [3.63, 3.8) is 0 Å². The fraction of sp³-hybridized carbons (Fsp3) is 0.111. The van der Waals surface area contributed by atoms with Crippen LogP contribution in [-0.2, 0) is 5.88 Å². The summed E-state index contributed by atoms with van der Waals surface area (Å²) >= 11 is 8.94. The predicted octanol–water partition coefficient (Wildman–Crippen LogP) is 2.91. The topological polar surface area (TPSA) is 30.7 Å². The molecule has 0 atom stereocenters. The first-order chi connectivity index (χ1) is 7.24. The normalized spacial score (nSPS) is 10.6. The zero-order chi connectivity index (χ0) is 10.8. The van der Waals surface area contributed by atoms with Crippen molar-refractivity contribution in [3.05, 3.63) is 40.6 Å². The second-order valence-electron chi connectivity index (χ2n) is 2.82. The Morgan fingerprint density at radius 1 is 1.47 bits per heavy atom. The summed E-state index contributed by atoms with van der Waals surface area (Å²) in [6.07, 6.45) is 1.43. The molecule has 1 aromatic heterocycles. The Bertz CT molecular complexity index is 466. The molecule has 0 saturated heterocycles. The van der Waals surface area contributed by atoms with Crippen molar-refractivity contribution in [3.8, 4) is 5.69 Å². The van der Waals surface area contributed by atoms with Crippen molar-refractivity contribution >= 4 is 27.5 Å². The molecule has 1 aromatic carbocycles. The maximum Gasteiger partial charge on any atom is 0.152 e. The Labute approximate surface area is 99.0 Å². The highest BCUT2D eigenvalue weighted by Gasteiger charge is 2.12. The third-order valence-corrected chi connectivity index (χ3v) is 2.80. The van der Waals surface area contributed by atoms with Gasteiger partial charge in [-0.05, 0) is 28.1 Å². The number of benzene rings is 1. The summed E-state index contributed by atoms with van der Waals surface area (Å²) in [6, 6.07) is 4.74. The van der Waals surface area contributed by atoms with Crippen LogP contribution in [0.2, 0.25) is 0 Å². The molecule has 0 fully saturated rings. The van der Waals surface area contributed by atoms with Gasteiger partial charge in [-0.25, -0.2) is 4.39 Å². The number of hydrogen-bond donors (Lipinski definition) is 0. The van der Waals surface area contributed by atoms with Crippen molar-refractivity contribution in [2.45, 2.75) is 5.88 Å². The van der Waals surface area contributed by atoms with Gasteiger partial charge in [0.25, 0.3) is 0 Å². The molecule has 78 valence electrons. The number of alkyl halides is 1. The molecular formula is C9H6BrClFN3. The summed E-state index contributed by atoms with van der Waals surface area (Å²) in [7, 11) is 0. The molecule has 0 bridgehead atoms. The summed E-state index contributed by atoms with van der Waals surface area (Å²) < 4.78 is 15.7. The summed E-state index contributed by atoms with van der Waals surface area (Å²) in [4.78, 5) is 0. The van der Waals surface area contributed by atoms with Crippen molar-refractivity contribution in [2.75, 3.05) is 0 Å². The van der Waals surface area contributed by atoms with Crippen molar-refractivity contribution in [1.29, 1.82) is 0 Å². The first-order valence-electron chi connectivity index (χ1n) is 4.13. The van der Waals surface area contributed by atoms with Crippen LogP contribution in [0.5, 0.6) is 0 Å². The van der Waals surface area contributed by atoms with Gasteiger partial charge >= 0.3 is 0 Å². The van der Waals surface area contributed by atoms with E-state index in [4.69, 9.17) is 11.6 Å². The molecule has 6 heteroatoms. The largest absolute Gasteiger partial charge is 0.280 e. The molecule has 2 aromatic rings. The number of halogens is 3. The standard InChI is InChI=1S/C9H6BrClFN3/c10-6-2-1-3-7(12)9(6)15-5-13-14-8(15)4-11/h1-3,5H,4H2. The van der Waals surface area contributed by atoms with E-state index in [0.717, 1.165) is 0 Å². The third kappa shape index (κ3) is 1.89. The van der Waals surface area contributed by atoms with E-state index in [9.17, 15) is 4.39 Å². The molecular weight excluding hydrogens is 284 g/mol. The predicted molar refractivity (Wildman–Crippen MR) is 58.6 cm³/mol. The molecule has 3 nitrogen and oxygen atoms in total. The van der Waals surface area contributed by atoms with Gasteiger partial charge in [-0.3, -0.25) is 4.57 Å². The third-order valence-electron chi connectivity index (χ3n) is 1.92. The Balaban J connectivity index is 2.63. The summed E-state index contributed by atoms with van der Waals surface area (Å²) in [5, 5.41) is 7.48. The SMILES string of the molecule is Fc1cccc(Br)c1-n1cnnc1CCl. The highest BCUT2D eigenvalue weighted by molar-refractivity contribution is 9.10. The van der Waals surface area contributed by atoms with E-state index in [2.05, 4.69) is 26.1 Å². The van der Waals surface area contributed by atoms with E-state index in [1.807, 2.05) is 0 Å². The van der Waals surface area contributed by atoms with E-state index in [1.54, 1.807) is 12.1 Å². The summed E-state index contributed by atoms with van der Waals surface area (Å²) in [5.74, 6) is 0.332. The Morgan fingerprint density at radius 2 is 2.27 bits per heavy atom. The number of rotatable bonds is 2. The lowest BCUT2D eigenvalue weighted by Gasteiger charge is -2.07. The molecule has 0 spiro atoms. The zero-order valence-electron chi connectivity index (χ0n) is 7.49. The average Bonchev–Trinajstić information content (AvgIpc) is 2.65. The lowest BCUT2D eigenvalue weighted by Crippen LogP contribution is -2.01. The Kier molecular flexibility index (Phi) is 3.02. The first kappa shape index (κ1) is 10.6. The molecule has 1 heterocycles. The van der Waals surface area contributed by atoms with Crippen molar-refractivity contribution < 1.29 is 4.39 Å². The fourth-order valence-electron chi connectivity index (χ4n) is 1.26. The van der Waals surface area contributed by atoms with E-state index >= 15 is 0 Å². The van der Waals surface area contributed by atoms with Crippen LogP contribution in [0, 0.1) is 5.82 Å². The Morgan fingerprint density at radius 3 is 2.93 bits per heavy atom. The molecule has 0 saturated carbocycles. The number of para-hydroxylation sites is 1. The maximum absolute atomic E-state index is 13.6. The Hall–Kier alpha value is -0.940. The van der Waals surface area contributed by atoms with Gasteiger partial charge in [0.1, 0.15) is 12.1 Å². The fourth-order valence-corrected chi connectivity index (χ4v) is 1.97. The van der Waals surface area contributed by atoms with Crippen LogP contribution in [-0.4, -0.2) is 14.8 Å². The lowest BCUT2D eigenvalue weighted by molar-refractivity contribution is 0.615. The van der Waals surface area contributed by atoms with E-state index < -0.39 is 0 Å². The number of nitrogens with zero attached hydrogens (tertiary/aromatic N) is 3. The average molecular weight is 291 g/mol. The van der Waals surface area contributed by atoms with Gasteiger partial charge in [-0.15, -0.1) is 21.8 Å². The van der Waals surface area contributed by atoms with Gasteiger partial charge in [0, 0.05) is 4.47 Å². The number of aromatic nitrogens is 3. The van der Waals surface area contributed by atoms with Gasteiger partial charge in [-0.1, -0.05) is 6.07 Å². The van der Waals surface area contributed by atoms with Gasteiger partial charge in [0.05, 0.1) is 11.6 Å². The summed E-state index contributed by atoms with van der Waals surface area (Å²) in [6.45, 7) is 0. The summed E-state index contributed by atoms with van der Waals surface area (Å²) in [5.41, 5.74) is 0.373. The molecule has 0 aliphatic heterocycles. The van der Waals surface area contributed by atoms with Crippen LogP contribution in [0.3, 0.4) is 0 Å². The molecule has 2 rings (SSSR count).